The molecule has 0 unspecified atom stereocenters. The molecule has 3 heterocycles. The number of halogens is 1. The average molecular weight is 461 g/mol. The monoisotopic (exact) mass is 460 g/mol. The Bertz CT molecular complexity index is 1140. The highest BCUT2D eigenvalue weighted by Gasteiger charge is 2.29. The van der Waals surface area contributed by atoms with Crippen molar-refractivity contribution in [2.75, 3.05) is 29.3 Å². The van der Waals surface area contributed by atoms with Gasteiger partial charge in [0.2, 0.25) is 0 Å². The van der Waals surface area contributed by atoms with E-state index in [1.165, 1.54) is 35.3 Å². The van der Waals surface area contributed by atoms with E-state index in [9.17, 15) is 14.0 Å². The molecule has 0 spiro atoms. The number of amides is 3. The van der Waals surface area contributed by atoms with Gasteiger partial charge in [0.1, 0.15) is 11.6 Å². The van der Waals surface area contributed by atoms with Gasteiger partial charge in [-0.1, -0.05) is 0 Å². The van der Waals surface area contributed by atoms with E-state index in [0.717, 1.165) is 15.2 Å². The number of aryl methyl sites for hydroxylation is 1. The number of hydrogen-bond acceptors (Lipinski definition) is 8. The molecule has 1 aliphatic heterocycles. The third-order valence-corrected chi connectivity index (χ3v) is 6.20. The minimum Gasteiger partial charge on any atom is -0.472 e. The van der Waals surface area contributed by atoms with E-state index in [1.807, 2.05) is 19.1 Å². The summed E-state index contributed by atoms with van der Waals surface area (Å²) in [5.74, 6) is -0.318. The van der Waals surface area contributed by atoms with Crippen molar-refractivity contribution in [1.82, 2.24) is 14.7 Å². The number of carbonyl (C=O) groups excluding carboxylic acids is 2. The number of nitrogens with one attached hydrogen (secondary N) is 3. The van der Waals surface area contributed by atoms with Crippen LogP contribution in [0, 0.1) is 12.7 Å². The molecule has 3 amide bonds. The fraction of sp³-hybridized carbons (Fsp3) is 0.158. The van der Waals surface area contributed by atoms with E-state index in [0.29, 0.717) is 0 Å². The van der Waals surface area contributed by atoms with Crippen molar-refractivity contribution in [1.29, 1.82) is 0 Å². The van der Waals surface area contributed by atoms with Crippen molar-refractivity contribution in [3.05, 3.63) is 52.9 Å². The lowest BCUT2D eigenvalue weighted by molar-refractivity contribution is 0.0935. The topological polar surface area (TPSA) is 108 Å². The summed E-state index contributed by atoms with van der Waals surface area (Å²) >= 11 is 2.76. The molecule has 0 saturated heterocycles. The number of ether oxygens (including phenoxy) is 1. The second kappa shape index (κ2) is 8.78. The smallest absolute Gasteiger partial charge is 0.330 e. The molecule has 0 saturated carbocycles. The zero-order valence-corrected chi connectivity index (χ0v) is 18.1. The fourth-order valence-corrected chi connectivity index (χ4v) is 4.43. The molecule has 3 aromatic rings. The summed E-state index contributed by atoms with van der Waals surface area (Å²) in [6.07, 6.45) is 2.65. The Balaban J connectivity index is 1.40. The summed E-state index contributed by atoms with van der Waals surface area (Å²) in [4.78, 5) is 35.4. The summed E-state index contributed by atoms with van der Waals surface area (Å²) in [5.41, 5.74) is 0.327. The Hall–Kier alpha value is -3.38. The largest absolute Gasteiger partial charge is 0.472 e. The van der Waals surface area contributed by atoms with Crippen LogP contribution in [-0.2, 0) is 0 Å². The predicted octanol–water partition coefficient (Wildman–Crippen LogP) is 3.85. The van der Waals surface area contributed by atoms with Crippen LogP contribution in [0.25, 0.3) is 0 Å². The number of fused-ring (bicyclic) bond motifs is 1. The van der Waals surface area contributed by atoms with E-state index in [-0.39, 0.29) is 35.4 Å². The van der Waals surface area contributed by atoms with Gasteiger partial charge in [0, 0.05) is 18.0 Å². The third-order valence-electron chi connectivity index (χ3n) is 4.28. The lowest BCUT2D eigenvalue weighted by Gasteiger charge is -2.28. The van der Waals surface area contributed by atoms with Crippen LogP contribution >= 0.6 is 23.3 Å². The van der Waals surface area contributed by atoms with Gasteiger partial charge < -0.3 is 10.1 Å². The van der Waals surface area contributed by atoms with Gasteiger partial charge in [-0.2, -0.15) is 0 Å². The van der Waals surface area contributed by atoms with Crippen molar-refractivity contribution in [2.24, 2.45) is 0 Å². The first kappa shape index (κ1) is 20.9. The van der Waals surface area contributed by atoms with E-state index in [1.54, 1.807) is 18.4 Å². The van der Waals surface area contributed by atoms with Gasteiger partial charge in [0.15, 0.2) is 18.4 Å². The summed E-state index contributed by atoms with van der Waals surface area (Å²) in [7, 11) is 1.58. The number of anilines is 3. The Morgan fingerprint density at radius 2 is 2.13 bits per heavy atom. The molecule has 1 aliphatic rings. The van der Waals surface area contributed by atoms with Gasteiger partial charge >= 0.3 is 6.03 Å². The number of rotatable bonds is 5. The number of urea groups is 1. The number of hydrogen-bond donors (Lipinski definition) is 3. The molecule has 4 rings (SSSR count). The highest BCUT2D eigenvalue weighted by molar-refractivity contribution is 7.99. The normalized spacial score (nSPS) is 12.7. The van der Waals surface area contributed by atoms with Crippen LogP contribution in [0.1, 0.15) is 15.2 Å². The quantitative estimate of drug-likeness (QED) is 0.496. The van der Waals surface area contributed by atoms with Crippen LogP contribution in [-0.4, -0.2) is 35.7 Å². The summed E-state index contributed by atoms with van der Waals surface area (Å²) < 4.78 is 23.3. The van der Waals surface area contributed by atoms with Crippen LogP contribution in [0.2, 0.25) is 0 Å². The van der Waals surface area contributed by atoms with Crippen LogP contribution in [0.5, 0.6) is 5.75 Å². The third kappa shape index (κ3) is 4.54. The molecule has 1 aromatic carbocycles. The number of carbonyl (C=O) groups is 2. The number of nitrogens with zero attached hydrogens (tertiary/aromatic N) is 3. The maximum atomic E-state index is 14.1. The zero-order chi connectivity index (χ0) is 22.0. The van der Waals surface area contributed by atoms with Crippen molar-refractivity contribution >= 4 is 52.5 Å². The van der Waals surface area contributed by atoms with E-state index >= 15 is 0 Å². The Labute approximate surface area is 185 Å². The number of thiophene rings is 1. The molecule has 3 N–H and O–H groups in total. The second-order valence-corrected chi connectivity index (χ2v) is 8.76. The highest BCUT2D eigenvalue weighted by atomic mass is 32.2. The minimum absolute atomic E-state index is 0.0898. The van der Waals surface area contributed by atoms with Crippen LogP contribution in [0.4, 0.5) is 26.5 Å². The molecular formula is C19H17FN6O3S2. The van der Waals surface area contributed by atoms with Gasteiger partial charge in [0.05, 0.1) is 27.9 Å². The van der Waals surface area contributed by atoms with E-state index in [4.69, 9.17) is 4.74 Å². The van der Waals surface area contributed by atoms with Crippen molar-refractivity contribution in [3.8, 4) is 5.75 Å². The SMILES string of the molecule is CNc1cc2c(cc1F)C(=O)N(c1cnc(NC(=O)NSc3ccc(C)s3)cn1)CO2. The molecule has 0 fully saturated rings. The first-order valence-electron chi connectivity index (χ1n) is 9.03. The summed E-state index contributed by atoms with van der Waals surface area (Å²) in [6, 6.07) is 5.98. The first-order valence-corrected chi connectivity index (χ1v) is 10.7. The first-order chi connectivity index (χ1) is 14.9. The van der Waals surface area contributed by atoms with Gasteiger partial charge in [-0.25, -0.2) is 19.2 Å². The standard InChI is InChI=1S/C19H17FN6O3S2/c1-10-3-4-17(30-10)31-25-19(28)24-15-7-23-16(8-22-15)26-9-29-14-6-13(21-2)12(20)5-11(14)18(26)27/h3-8,21H,9H2,1-2H3,(H2,22,24,25,28). The van der Waals surface area contributed by atoms with Gasteiger partial charge in [-0.15, -0.1) is 11.3 Å². The van der Waals surface area contributed by atoms with E-state index in [2.05, 4.69) is 25.3 Å². The van der Waals surface area contributed by atoms with Crippen LogP contribution < -0.4 is 25.0 Å². The predicted molar refractivity (Wildman–Crippen MR) is 117 cm³/mol. The molecule has 12 heteroatoms. The maximum absolute atomic E-state index is 14.1. The second-order valence-electron chi connectivity index (χ2n) is 6.37. The highest BCUT2D eigenvalue weighted by Crippen LogP contribution is 2.32. The average Bonchev–Trinajstić information content (AvgIpc) is 3.18. The molecule has 0 radical (unpaired) electrons. The lowest BCUT2D eigenvalue weighted by atomic mass is 10.1. The molecule has 0 atom stereocenters. The zero-order valence-electron chi connectivity index (χ0n) is 16.4. The molecular weight excluding hydrogens is 443 g/mol. The van der Waals surface area contributed by atoms with Crippen LogP contribution in [0.3, 0.4) is 0 Å². The van der Waals surface area contributed by atoms with Crippen LogP contribution in [0.15, 0.2) is 40.9 Å². The molecule has 9 nitrogen and oxygen atoms in total. The van der Waals surface area contributed by atoms with Crippen molar-refractivity contribution < 1.29 is 18.7 Å². The molecule has 2 aromatic heterocycles. The van der Waals surface area contributed by atoms with Crippen molar-refractivity contribution in [2.45, 2.75) is 11.1 Å². The Morgan fingerprint density at radius 3 is 2.81 bits per heavy atom. The summed E-state index contributed by atoms with van der Waals surface area (Å²) in [5, 5.41) is 5.27. The minimum atomic E-state index is -0.563. The summed E-state index contributed by atoms with van der Waals surface area (Å²) in [6.45, 7) is 1.89. The molecule has 160 valence electrons. The Kier molecular flexibility index (Phi) is 5.91. The van der Waals surface area contributed by atoms with Gasteiger partial charge in [-0.05, 0) is 37.1 Å². The molecule has 31 heavy (non-hydrogen) atoms. The van der Waals surface area contributed by atoms with Gasteiger partial charge in [0.25, 0.3) is 5.91 Å². The Morgan fingerprint density at radius 1 is 1.29 bits per heavy atom. The van der Waals surface area contributed by atoms with E-state index < -0.39 is 17.8 Å². The molecule has 0 bridgehead atoms. The molecule has 0 aliphatic carbocycles. The lowest BCUT2D eigenvalue weighted by Crippen LogP contribution is -2.39. The number of benzene rings is 1. The van der Waals surface area contributed by atoms with Crippen molar-refractivity contribution in [3.63, 3.8) is 0 Å². The maximum Gasteiger partial charge on any atom is 0.330 e. The fourth-order valence-electron chi connectivity index (χ4n) is 2.77. The van der Waals surface area contributed by atoms with Gasteiger partial charge in [-0.3, -0.25) is 19.7 Å². The number of aromatic nitrogens is 2.